The second-order valence-corrected chi connectivity index (χ2v) is 9.02. The molecule has 2 heterocycles. The van der Waals surface area contributed by atoms with E-state index >= 15 is 0 Å². The molecule has 0 atom stereocenters. The standard InChI is InChI=1S/C25H37N3O/c1-5-24(6-2)11-12-25(7-3,8-4)21-17-19(9-10-20(21)24)22-18-23(29-27-22)28-15-13-26-14-16-28/h9-10,17-18,26H,5-8,11-16H2,1-4H3. The molecule has 0 amide bonds. The molecule has 0 bridgehead atoms. The predicted molar refractivity (Wildman–Crippen MR) is 121 cm³/mol. The maximum atomic E-state index is 5.74. The Kier molecular flexibility index (Phi) is 5.74. The van der Waals surface area contributed by atoms with E-state index in [1.54, 1.807) is 11.1 Å². The first-order valence-electron chi connectivity index (χ1n) is 11.7. The van der Waals surface area contributed by atoms with Crippen LogP contribution in [0.4, 0.5) is 5.88 Å². The third kappa shape index (κ3) is 3.39. The number of benzene rings is 1. The van der Waals surface area contributed by atoms with Gasteiger partial charge in [-0.05, 0) is 66.5 Å². The van der Waals surface area contributed by atoms with Crippen LogP contribution < -0.4 is 10.2 Å². The highest BCUT2D eigenvalue weighted by Gasteiger charge is 2.43. The molecule has 4 heteroatoms. The number of anilines is 1. The number of fused-ring (bicyclic) bond motifs is 1. The van der Waals surface area contributed by atoms with Gasteiger partial charge in [0, 0.05) is 37.8 Å². The minimum absolute atomic E-state index is 0.296. The Hall–Kier alpha value is -1.81. The minimum atomic E-state index is 0.296. The normalized spacial score (nSPS) is 20.5. The van der Waals surface area contributed by atoms with Crippen LogP contribution in [0.2, 0.25) is 0 Å². The van der Waals surface area contributed by atoms with Crippen molar-refractivity contribution in [2.45, 2.75) is 77.0 Å². The fourth-order valence-corrected chi connectivity index (χ4v) is 5.76. The van der Waals surface area contributed by atoms with Gasteiger partial charge in [-0.2, -0.15) is 0 Å². The Morgan fingerprint density at radius 1 is 0.897 bits per heavy atom. The van der Waals surface area contributed by atoms with Crippen molar-refractivity contribution in [3.05, 3.63) is 35.4 Å². The number of aromatic nitrogens is 1. The Morgan fingerprint density at radius 3 is 2.14 bits per heavy atom. The molecule has 1 aromatic heterocycles. The van der Waals surface area contributed by atoms with E-state index in [4.69, 9.17) is 4.52 Å². The van der Waals surface area contributed by atoms with Gasteiger partial charge in [0.25, 0.3) is 0 Å². The van der Waals surface area contributed by atoms with Crippen molar-refractivity contribution in [1.29, 1.82) is 0 Å². The molecular weight excluding hydrogens is 358 g/mol. The van der Waals surface area contributed by atoms with Crippen LogP contribution in [-0.2, 0) is 10.8 Å². The molecule has 2 aromatic rings. The third-order valence-corrected chi connectivity index (χ3v) is 8.17. The lowest BCUT2D eigenvalue weighted by Crippen LogP contribution is -2.43. The van der Waals surface area contributed by atoms with Gasteiger partial charge in [0.1, 0.15) is 5.69 Å². The molecule has 4 nitrogen and oxygen atoms in total. The van der Waals surface area contributed by atoms with Gasteiger partial charge in [0.2, 0.25) is 5.88 Å². The highest BCUT2D eigenvalue weighted by Crippen LogP contribution is 2.52. The molecule has 158 valence electrons. The van der Waals surface area contributed by atoms with Crippen molar-refractivity contribution in [3.63, 3.8) is 0 Å². The van der Waals surface area contributed by atoms with Crippen LogP contribution in [0.15, 0.2) is 28.8 Å². The highest BCUT2D eigenvalue weighted by atomic mass is 16.5. The smallest absolute Gasteiger partial charge is 0.227 e. The summed E-state index contributed by atoms with van der Waals surface area (Å²) in [6.45, 7) is 13.4. The second-order valence-electron chi connectivity index (χ2n) is 9.02. The summed E-state index contributed by atoms with van der Waals surface area (Å²) >= 11 is 0. The summed E-state index contributed by atoms with van der Waals surface area (Å²) in [5, 5.41) is 7.84. The van der Waals surface area contributed by atoms with Gasteiger partial charge in [-0.25, -0.2) is 0 Å². The number of nitrogens with zero attached hydrogens (tertiary/aromatic N) is 2. The molecule has 1 fully saturated rings. The zero-order chi connectivity index (χ0) is 20.5. The number of rotatable bonds is 6. The van der Waals surface area contributed by atoms with Crippen LogP contribution >= 0.6 is 0 Å². The molecule has 1 saturated heterocycles. The summed E-state index contributed by atoms with van der Waals surface area (Å²) in [5.74, 6) is 0.896. The topological polar surface area (TPSA) is 41.3 Å². The van der Waals surface area contributed by atoms with Crippen LogP contribution in [0.3, 0.4) is 0 Å². The molecular formula is C25H37N3O. The quantitative estimate of drug-likeness (QED) is 0.685. The third-order valence-electron chi connectivity index (χ3n) is 8.17. The zero-order valence-corrected chi connectivity index (χ0v) is 18.7. The van der Waals surface area contributed by atoms with E-state index in [9.17, 15) is 0 Å². The lowest BCUT2D eigenvalue weighted by Gasteiger charge is -2.48. The van der Waals surface area contributed by atoms with E-state index in [0.29, 0.717) is 10.8 Å². The Morgan fingerprint density at radius 2 is 1.52 bits per heavy atom. The summed E-state index contributed by atoms with van der Waals surface area (Å²) in [5.41, 5.74) is 5.95. The summed E-state index contributed by atoms with van der Waals surface area (Å²) in [4.78, 5) is 2.28. The molecule has 0 radical (unpaired) electrons. The largest absolute Gasteiger partial charge is 0.338 e. The lowest BCUT2D eigenvalue weighted by molar-refractivity contribution is 0.239. The average molecular weight is 396 g/mol. The Balaban J connectivity index is 1.75. The lowest BCUT2D eigenvalue weighted by atomic mass is 9.57. The van der Waals surface area contributed by atoms with Gasteiger partial charge in [0.05, 0.1) is 0 Å². The number of hydrogen-bond donors (Lipinski definition) is 1. The van der Waals surface area contributed by atoms with E-state index in [1.807, 2.05) is 0 Å². The zero-order valence-electron chi connectivity index (χ0n) is 18.7. The maximum Gasteiger partial charge on any atom is 0.227 e. The molecule has 4 rings (SSSR count). The molecule has 0 saturated carbocycles. The van der Waals surface area contributed by atoms with Crippen molar-refractivity contribution in [2.75, 3.05) is 31.1 Å². The summed E-state index contributed by atoms with van der Waals surface area (Å²) < 4.78 is 5.74. The summed E-state index contributed by atoms with van der Waals surface area (Å²) in [7, 11) is 0. The van der Waals surface area contributed by atoms with Crippen molar-refractivity contribution in [1.82, 2.24) is 10.5 Å². The van der Waals surface area contributed by atoms with E-state index < -0.39 is 0 Å². The van der Waals surface area contributed by atoms with Gasteiger partial charge < -0.3 is 14.7 Å². The maximum absolute atomic E-state index is 5.74. The van der Waals surface area contributed by atoms with Crippen LogP contribution in [0.25, 0.3) is 11.3 Å². The monoisotopic (exact) mass is 395 g/mol. The number of nitrogens with one attached hydrogen (secondary N) is 1. The van der Waals surface area contributed by atoms with Gasteiger partial charge in [-0.3, -0.25) is 0 Å². The molecule has 1 N–H and O–H groups in total. The van der Waals surface area contributed by atoms with E-state index in [0.717, 1.165) is 37.8 Å². The fourth-order valence-electron chi connectivity index (χ4n) is 5.76. The van der Waals surface area contributed by atoms with Crippen LogP contribution in [-0.4, -0.2) is 31.3 Å². The van der Waals surface area contributed by atoms with Gasteiger partial charge >= 0.3 is 0 Å². The first-order chi connectivity index (χ1) is 14.1. The van der Waals surface area contributed by atoms with Crippen molar-refractivity contribution in [2.24, 2.45) is 0 Å². The van der Waals surface area contributed by atoms with E-state index in [2.05, 4.69) is 67.3 Å². The molecule has 2 aliphatic rings. The van der Waals surface area contributed by atoms with E-state index in [1.165, 1.54) is 44.1 Å². The summed E-state index contributed by atoms with van der Waals surface area (Å²) in [6.07, 6.45) is 7.45. The predicted octanol–water partition coefficient (Wildman–Crippen LogP) is 5.66. The average Bonchev–Trinajstić information content (AvgIpc) is 3.29. The molecule has 0 spiro atoms. The van der Waals surface area contributed by atoms with E-state index in [-0.39, 0.29) is 0 Å². The number of piperazine rings is 1. The van der Waals surface area contributed by atoms with Crippen molar-refractivity contribution >= 4 is 5.88 Å². The molecule has 29 heavy (non-hydrogen) atoms. The van der Waals surface area contributed by atoms with Gasteiger partial charge in [-0.15, -0.1) is 0 Å². The Bertz CT molecular complexity index is 826. The van der Waals surface area contributed by atoms with Crippen LogP contribution in [0.1, 0.15) is 77.3 Å². The first-order valence-corrected chi connectivity index (χ1v) is 11.7. The second kappa shape index (κ2) is 8.14. The van der Waals surface area contributed by atoms with Crippen molar-refractivity contribution in [3.8, 4) is 11.3 Å². The van der Waals surface area contributed by atoms with Crippen LogP contribution in [0, 0.1) is 0 Å². The number of hydrogen-bond acceptors (Lipinski definition) is 4. The Labute approximate surface area is 176 Å². The first kappa shape index (κ1) is 20.5. The fraction of sp³-hybridized carbons (Fsp3) is 0.640. The molecule has 0 unspecified atom stereocenters. The summed E-state index contributed by atoms with van der Waals surface area (Å²) in [6, 6.07) is 9.26. The molecule has 1 aliphatic carbocycles. The minimum Gasteiger partial charge on any atom is -0.338 e. The SMILES string of the molecule is CCC1(CC)CCC(CC)(CC)c2cc(-c3cc(N4CCNCC4)on3)ccc21. The molecule has 1 aliphatic heterocycles. The highest BCUT2D eigenvalue weighted by molar-refractivity contribution is 5.65. The van der Waals surface area contributed by atoms with Gasteiger partial charge in [0.15, 0.2) is 0 Å². The van der Waals surface area contributed by atoms with Gasteiger partial charge in [-0.1, -0.05) is 45.0 Å². The van der Waals surface area contributed by atoms with Crippen molar-refractivity contribution < 1.29 is 4.52 Å². The van der Waals surface area contributed by atoms with Crippen LogP contribution in [0.5, 0.6) is 0 Å². The molecule has 1 aromatic carbocycles.